The van der Waals surface area contributed by atoms with Gasteiger partial charge in [0, 0.05) is 59.0 Å². The highest BCUT2D eigenvalue weighted by atomic mass is 16.4. The lowest BCUT2D eigenvalue weighted by atomic mass is 9.42. The van der Waals surface area contributed by atoms with Crippen LogP contribution < -0.4 is 0 Å². The number of hydrogen-bond acceptors (Lipinski definition) is 6. The van der Waals surface area contributed by atoms with Crippen LogP contribution in [0.5, 0.6) is 0 Å². The van der Waals surface area contributed by atoms with Crippen LogP contribution in [0.1, 0.15) is 80.1 Å². The predicted octanol–water partition coefficient (Wildman–Crippen LogP) is 3.52. The van der Waals surface area contributed by atoms with Gasteiger partial charge in [0.15, 0.2) is 5.78 Å². The zero-order valence-electron chi connectivity index (χ0n) is 20.9. The molecule has 0 aromatic rings. The fraction of sp³-hybridized carbons (Fsp3) is 0.704. The van der Waals surface area contributed by atoms with Crippen LogP contribution in [0.2, 0.25) is 0 Å². The third kappa shape index (κ3) is 2.81. The Kier molecular flexibility index (Phi) is 5.28. The SMILES string of the molecule is C[C@H](CCC(=O)O)[C@H]1C(=O)C[C@@]2(C)C3=C(C(=O)C(=O)[C@]12C)[C@@]1(C)CCC(=O)C(C)(C)[C@@H]1CC3=O. The average Bonchev–Trinajstić information content (AvgIpc) is 2.95. The zero-order valence-corrected chi connectivity index (χ0v) is 20.9. The molecule has 0 aromatic heterocycles. The van der Waals surface area contributed by atoms with E-state index >= 15 is 0 Å². The monoisotopic (exact) mass is 470 g/mol. The molecule has 0 aromatic carbocycles. The molecule has 4 aliphatic carbocycles. The number of rotatable bonds is 4. The second-order valence-electron chi connectivity index (χ2n) is 12.2. The summed E-state index contributed by atoms with van der Waals surface area (Å²) in [5.74, 6) is -4.38. The number of carboxylic acids is 1. The van der Waals surface area contributed by atoms with Crippen molar-refractivity contribution in [3.8, 4) is 0 Å². The summed E-state index contributed by atoms with van der Waals surface area (Å²) >= 11 is 0. The standard InChI is InChI=1S/C27H34O7/c1-13(7-8-18(31)32)19-15(29)12-26(5)20-14(28)11-16-24(2,3)17(30)9-10-25(16,4)21(20)22(33)23(34)27(19,26)6/h13,16,19H,7-12H2,1-6H3,(H,31,32)/t13-,16+,19+,25+,26+,27+/m1/s1. The van der Waals surface area contributed by atoms with Crippen LogP contribution in [-0.4, -0.2) is 40.0 Å². The van der Waals surface area contributed by atoms with E-state index in [9.17, 15) is 28.8 Å². The fourth-order valence-electron chi connectivity index (χ4n) is 8.11. The van der Waals surface area contributed by atoms with E-state index in [1.54, 1.807) is 20.8 Å². The Balaban J connectivity index is 1.91. The topological polar surface area (TPSA) is 123 Å². The summed E-state index contributed by atoms with van der Waals surface area (Å²) in [6.45, 7) is 10.7. The maximum absolute atomic E-state index is 13.9. The van der Waals surface area contributed by atoms with Crippen LogP contribution in [0.4, 0.5) is 0 Å². The van der Waals surface area contributed by atoms with Crippen LogP contribution in [-0.2, 0) is 28.8 Å². The van der Waals surface area contributed by atoms with E-state index < -0.39 is 51.0 Å². The summed E-state index contributed by atoms with van der Waals surface area (Å²) in [7, 11) is 0. The number of allylic oxidation sites excluding steroid dienone is 2. The number of fused-ring (bicyclic) bond motifs is 4. The molecule has 184 valence electrons. The van der Waals surface area contributed by atoms with Crippen molar-refractivity contribution >= 4 is 34.9 Å². The van der Waals surface area contributed by atoms with E-state index in [4.69, 9.17) is 5.11 Å². The summed E-state index contributed by atoms with van der Waals surface area (Å²) in [6, 6.07) is 0. The molecule has 0 bridgehead atoms. The minimum Gasteiger partial charge on any atom is -0.481 e. The molecule has 0 unspecified atom stereocenters. The van der Waals surface area contributed by atoms with Crippen LogP contribution in [0.25, 0.3) is 0 Å². The summed E-state index contributed by atoms with van der Waals surface area (Å²) in [6.07, 6.45) is 0.801. The van der Waals surface area contributed by atoms with Crippen molar-refractivity contribution in [2.24, 2.45) is 39.4 Å². The molecule has 6 atom stereocenters. The van der Waals surface area contributed by atoms with Gasteiger partial charge in [-0.15, -0.1) is 0 Å². The van der Waals surface area contributed by atoms with Crippen molar-refractivity contribution in [3.05, 3.63) is 11.1 Å². The normalized spacial score (nSPS) is 40.1. The van der Waals surface area contributed by atoms with E-state index in [1.807, 2.05) is 20.8 Å². The molecule has 34 heavy (non-hydrogen) atoms. The molecule has 0 spiro atoms. The first-order chi connectivity index (χ1) is 15.5. The Morgan fingerprint density at radius 3 is 2.24 bits per heavy atom. The van der Waals surface area contributed by atoms with Gasteiger partial charge in [0.2, 0.25) is 11.6 Å². The molecule has 0 heterocycles. The third-order valence-electron chi connectivity index (χ3n) is 10.2. The molecule has 1 N–H and O–H groups in total. The van der Waals surface area contributed by atoms with E-state index in [1.165, 1.54) is 0 Å². The molecule has 0 saturated heterocycles. The van der Waals surface area contributed by atoms with Gasteiger partial charge in [-0.1, -0.05) is 41.5 Å². The Labute approximate surface area is 199 Å². The second-order valence-corrected chi connectivity index (χ2v) is 12.2. The van der Waals surface area contributed by atoms with Crippen LogP contribution in [0.3, 0.4) is 0 Å². The number of aliphatic carboxylic acids is 1. The maximum Gasteiger partial charge on any atom is 0.303 e. The molecular weight excluding hydrogens is 436 g/mol. The predicted molar refractivity (Wildman–Crippen MR) is 122 cm³/mol. The molecule has 2 saturated carbocycles. The molecule has 4 aliphatic rings. The molecule has 0 aliphatic heterocycles. The molecule has 0 amide bonds. The van der Waals surface area contributed by atoms with E-state index in [0.717, 1.165) is 0 Å². The summed E-state index contributed by atoms with van der Waals surface area (Å²) in [5.41, 5.74) is -3.60. The number of hydrogen-bond donors (Lipinski definition) is 1. The third-order valence-corrected chi connectivity index (χ3v) is 10.2. The average molecular weight is 471 g/mol. The van der Waals surface area contributed by atoms with E-state index in [0.29, 0.717) is 12.0 Å². The van der Waals surface area contributed by atoms with Crippen LogP contribution in [0, 0.1) is 39.4 Å². The Morgan fingerprint density at radius 2 is 1.65 bits per heavy atom. The highest BCUT2D eigenvalue weighted by Gasteiger charge is 2.73. The summed E-state index contributed by atoms with van der Waals surface area (Å²) < 4.78 is 0. The number of carbonyl (C=O) groups is 6. The van der Waals surface area contributed by atoms with Crippen molar-refractivity contribution < 1.29 is 33.9 Å². The van der Waals surface area contributed by atoms with Gasteiger partial charge in [-0.25, -0.2) is 0 Å². The zero-order chi connectivity index (χ0) is 25.6. The number of Topliss-reactive ketones (excluding diaryl/α,β-unsaturated/α-hetero) is 5. The van der Waals surface area contributed by atoms with Gasteiger partial charge < -0.3 is 5.11 Å². The van der Waals surface area contributed by atoms with E-state index in [-0.39, 0.29) is 60.9 Å². The number of carbonyl (C=O) groups excluding carboxylic acids is 5. The molecule has 7 nitrogen and oxygen atoms in total. The van der Waals surface area contributed by atoms with Gasteiger partial charge in [0.25, 0.3) is 0 Å². The van der Waals surface area contributed by atoms with Crippen LogP contribution >= 0.6 is 0 Å². The number of carboxylic acid groups (broad SMARTS) is 1. The minimum absolute atomic E-state index is 0.0295. The van der Waals surface area contributed by atoms with Gasteiger partial charge in [0.1, 0.15) is 11.6 Å². The number of ketones is 5. The lowest BCUT2D eigenvalue weighted by Crippen LogP contribution is -2.61. The second kappa shape index (κ2) is 7.28. The molecule has 4 rings (SSSR count). The minimum atomic E-state index is -1.41. The van der Waals surface area contributed by atoms with Gasteiger partial charge in [-0.3, -0.25) is 28.8 Å². The molecule has 7 heteroatoms. The molecule has 0 radical (unpaired) electrons. The maximum atomic E-state index is 13.9. The quantitative estimate of drug-likeness (QED) is 0.624. The highest BCUT2D eigenvalue weighted by molar-refractivity contribution is 6.48. The molecular formula is C27H34O7. The van der Waals surface area contributed by atoms with Crippen LogP contribution in [0.15, 0.2) is 11.1 Å². The summed E-state index contributed by atoms with van der Waals surface area (Å²) in [4.78, 5) is 78.7. The van der Waals surface area contributed by atoms with Crippen molar-refractivity contribution in [2.75, 3.05) is 0 Å². The Bertz CT molecular complexity index is 1090. The smallest absolute Gasteiger partial charge is 0.303 e. The van der Waals surface area contributed by atoms with Crippen molar-refractivity contribution in [2.45, 2.75) is 80.1 Å². The first kappa shape index (κ1) is 24.7. The Hall–Kier alpha value is -2.44. The largest absolute Gasteiger partial charge is 0.481 e. The van der Waals surface area contributed by atoms with E-state index in [2.05, 4.69) is 0 Å². The van der Waals surface area contributed by atoms with Gasteiger partial charge in [0.05, 0.1) is 5.41 Å². The lowest BCUT2D eigenvalue weighted by molar-refractivity contribution is -0.154. The van der Waals surface area contributed by atoms with Crippen molar-refractivity contribution in [1.82, 2.24) is 0 Å². The first-order valence-electron chi connectivity index (χ1n) is 12.2. The van der Waals surface area contributed by atoms with Gasteiger partial charge in [-0.2, -0.15) is 0 Å². The first-order valence-corrected chi connectivity index (χ1v) is 12.2. The summed E-state index contributed by atoms with van der Waals surface area (Å²) in [5, 5.41) is 9.12. The fourth-order valence-corrected chi connectivity index (χ4v) is 8.11. The molecule has 2 fully saturated rings. The van der Waals surface area contributed by atoms with Gasteiger partial charge in [-0.05, 0) is 24.7 Å². The van der Waals surface area contributed by atoms with Gasteiger partial charge >= 0.3 is 5.97 Å². The van der Waals surface area contributed by atoms with Crippen molar-refractivity contribution in [1.29, 1.82) is 0 Å². The lowest BCUT2D eigenvalue weighted by Gasteiger charge is -2.58. The Morgan fingerprint density at radius 1 is 1.03 bits per heavy atom. The van der Waals surface area contributed by atoms with Crippen molar-refractivity contribution in [3.63, 3.8) is 0 Å². The highest BCUT2D eigenvalue weighted by Crippen LogP contribution is 2.69.